The quantitative estimate of drug-likeness (QED) is 0.753. The van der Waals surface area contributed by atoms with E-state index in [0.717, 1.165) is 4.88 Å². The van der Waals surface area contributed by atoms with Gasteiger partial charge in [0.2, 0.25) is 0 Å². The van der Waals surface area contributed by atoms with Crippen LogP contribution < -0.4 is 5.56 Å². The van der Waals surface area contributed by atoms with Crippen molar-refractivity contribution < 1.29 is 4.52 Å². The van der Waals surface area contributed by atoms with E-state index in [1.54, 1.807) is 0 Å². The van der Waals surface area contributed by atoms with Crippen LogP contribution in [0.15, 0.2) is 26.8 Å². The molecule has 0 bridgehead atoms. The van der Waals surface area contributed by atoms with Gasteiger partial charge in [-0.25, -0.2) is 0 Å². The summed E-state index contributed by atoms with van der Waals surface area (Å²) < 4.78 is 5.12. The number of rotatable bonds is 2. The molecule has 86 valence electrons. The number of nitrogens with one attached hydrogen (secondary N) is 1. The summed E-state index contributed by atoms with van der Waals surface area (Å²) in [4.78, 5) is 19.8. The highest BCUT2D eigenvalue weighted by molar-refractivity contribution is 7.13. The van der Waals surface area contributed by atoms with Crippen molar-refractivity contribution in [1.29, 1.82) is 0 Å². The number of aromatic amines is 1. The first-order chi connectivity index (χ1) is 8.29. The van der Waals surface area contributed by atoms with Gasteiger partial charge >= 0.3 is 0 Å². The van der Waals surface area contributed by atoms with E-state index in [1.165, 1.54) is 11.3 Å². The first kappa shape index (κ1) is 10.2. The van der Waals surface area contributed by atoms with E-state index in [9.17, 15) is 4.79 Å². The summed E-state index contributed by atoms with van der Waals surface area (Å²) in [6.45, 7) is 1.92. The number of hydrogen-bond donors (Lipinski definition) is 1. The Kier molecular flexibility index (Phi) is 2.29. The van der Waals surface area contributed by atoms with Crippen LogP contribution in [0.5, 0.6) is 0 Å². The molecule has 3 aromatic heterocycles. The van der Waals surface area contributed by atoms with Gasteiger partial charge in [-0.05, 0) is 11.4 Å². The third kappa shape index (κ3) is 1.57. The molecular formula is C11H9N3O2S. The number of H-pyrrole nitrogens is 1. The van der Waals surface area contributed by atoms with E-state index in [2.05, 4.69) is 15.1 Å². The summed E-state index contributed by atoms with van der Waals surface area (Å²) in [5, 5.41) is 6.28. The molecule has 0 aliphatic carbocycles. The molecule has 5 nitrogen and oxygen atoms in total. The van der Waals surface area contributed by atoms with Crippen molar-refractivity contribution in [2.75, 3.05) is 0 Å². The fraction of sp³-hybridized carbons (Fsp3) is 0.182. The maximum Gasteiger partial charge on any atom is 0.265 e. The van der Waals surface area contributed by atoms with Gasteiger partial charge < -0.3 is 9.51 Å². The minimum Gasteiger partial charge on any atom is -0.335 e. The zero-order valence-electron chi connectivity index (χ0n) is 9.06. The molecule has 0 atom stereocenters. The Hall–Kier alpha value is -1.95. The van der Waals surface area contributed by atoms with Gasteiger partial charge in [-0.1, -0.05) is 18.1 Å². The van der Waals surface area contributed by atoms with Gasteiger partial charge in [-0.2, -0.15) is 4.98 Å². The van der Waals surface area contributed by atoms with Gasteiger partial charge in [0.05, 0.1) is 4.88 Å². The highest BCUT2D eigenvalue weighted by Crippen LogP contribution is 2.27. The molecular weight excluding hydrogens is 238 g/mol. The van der Waals surface area contributed by atoms with Crippen LogP contribution in [0.1, 0.15) is 12.7 Å². The highest BCUT2D eigenvalue weighted by atomic mass is 32.1. The molecule has 0 radical (unpaired) electrons. The molecule has 0 saturated carbocycles. The van der Waals surface area contributed by atoms with Gasteiger partial charge in [0, 0.05) is 6.42 Å². The normalized spacial score (nSPS) is 11.1. The second-order valence-corrected chi connectivity index (χ2v) is 4.50. The summed E-state index contributed by atoms with van der Waals surface area (Å²) in [6, 6.07) is 3.80. The summed E-state index contributed by atoms with van der Waals surface area (Å²) in [5.74, 6) is 0.608. The van der Waals surface area contributed by atoms with Crippen LogP contribution >= 0.6 is 11.3 Å². The van der Waals surface area contributed by atoms with Gasteiger partial charge in [-0.3, -0.25) is 4.79 Å². The first-order valence-electron chi connectivity index (χ1n) is 5.22. The lowest BCUT2D eigenvalue weighted by Crippen LogP contribution is -2.10. The van der Waals surface area contributed by atoms with E-state index in [-0.39, 0.29) is 5.56 Å². The van der Waals surface area contributed by atoms with Crippen molar-refractivity contribution in [3.8, 4) is 10.6 Å². The van der Waals surface area contributed by atoms with Crippen LogP contribution in [0.25, 0.3) is 21.7 Å². The highest BCUT2D eigenvalue weighted by Gasteiger charge is 2.16. The molecule has 3 aromatic rings. The number of nitrogens with zero attached hydrogens (tertiary/aromatic N) is 2. The second kappa shape index (κ2) is 3.81. The van der Waals surface area contributed by atoms with E-state index < -0.39 is 0 Å². The van der Waals surface area contributed by atoms with E-state index >= 15 is 0 Å². The number of fused-ring (bicyclic) bond motifs is 1. The smallest absolute Gasteiger partial charge is 0.265 e. The Morgan fingerprint density at radius 2 is 2.41 bits per heavy atom. The molecule has 3 heterocycles. The third-order valence-electron chi connectivity index (χ3n) is 2.48. The molecule has 3 rings (SSSR count). The fourth-order valence-electron chi connectivity index (χ4n) is 1.66. The van der Waals surface area contributed by atoms with Crippen molar-refractivity contribution in [2.45, 2.75) is 13.3 Å². The Labute approximate surface area is 100 Å². The van der Waals surface area contributed by atoms with Crippen molar-refractivity contribution in [2.24, 2.45) is 0 Å². The van der Waals surface area contributed by atoms with Crippen LogP contribution in [-0.4, -0.2) is 15.1 Å². The molecule has 17 heavy (non-hydrogen) atoms. The molecule has 6 heteroatoms. The molecule has 0 aliphatic heterocycles. The van der Waals surface area contributed by atoms with Crippen LogP contribution in [0.4, 0.5) is 0 Å². The van der Waals surface area contributed by atoms with Crippen molar-refractivity contribution in [3.63, 3.8) is 0 Å². The molecule has 0 aliphatic rings. The number of aryl methyl sites for hydroxylation is 1. The van der Waals surface area contributed by atoms with Gasteiger partial charge in [0.15, 0.2) is 0 Å². The largest absolute Gasteiger partial charge is 0.335 e. The van der Waals surface area contributed by atoms with Crippen molar-refractivity contribution in [3.05, 3.63) is 33.7 Å². The SMILES string of the molecule is CCc1nc2onc(-c3cccs3)c2c(=O)[nH]1. The number of thiophene rings is 1. The predicted molar refractivity (Wildman–Crippen MR) is 65.1 cm³/mol. The zero-order chi connectivity index (χ0) is 11.8. The maximum absolute atomic E-state index is 11.9. The average Bonchev–Trinajstić information content (AvgIpc) is 2.96. The van der Waals surface area contributed by atoms with Crippen LogP contribution in [0.2, 0.25) is 0 Å². The number of hydrogen-bond acceptors (Lipinski definition) is 5. The summed E-state index contributed by atoms with van der Waals surface area (Å²) in [5.41, 5.74) is 0.664. The summed E-state index contributed by atoms with van der Waals surface area (Å²) >= 11 is 1.51. The van der Waals surface area contributed by atoms with Crippen LogP contribution in [-0.2, 0) is 6.42 Å². The molecule has 0 amide bonds. The molecule has 0 aromatic carbocycles. The lowest BCUT2D eigenvalue weighted by Gasteiger charge is -1.94. The van der Waals surface area contributed by atoms with Gasteiger partial charge in [0.1, 0.15) is 16.9 Å². The van der Waals surface area contributed by atoms with Crippen molar-refractivity contribution in [1.82, 2.24) is 15.1 Å². The summed E-state index contributed by atoms with van der Waals surface area (Å²) in [7, 11) is 0. The van der Waals surface area contributed by atoms with E-state index in [4.69, 9.17) is 4.52 Å². The first-order valence-corrected chi connectivity index (χ1v) is 6.10. The van der Waals surface area contributed by atoms with Gasteiger partial charge in [-0.15, -0.1) is 11.3 Å². The molecule has 1 N–H and O–H groups in total. The molecule has 0 fully saturated rings. The van der Waals surface area contributed by atoms with E-state index in [1.807, 2.05) is 24.4 Å². The standard InChI is InChI=1S/C11H9N3O2S/c1-2-7-12-10(15)8-9(6-4-3-5-17-6)14-16-11(8)13-7/h3-5H,2H2,1H3,(H,12,13,15). The fourth-order valence-corrected chi connectivity index (χ4v) is 2.37. The lowest BCUT2D eigenvalue weighted by molar-refractivity contribution is 0.450. The van der Waals surface area contributed by atoms with Gasteiger partial charge in [0.25, 0.3) is 11.3 Å². The minimum absolute atomic E-state index is 0.198. The lowest BCUT2D eigenvalue weighted by atomic mass is 10.2. The molecule has 0 unspecified atom stereocenters. The van der Waals surface area contributed by atoms with Crippen LogP contribution in [0.3, 0.4) is 0 Å². The van der Waals surface area contributed by atoms with Crippen molar-refractivity contribution >= 4 is 22.4 Å². The minimum atomic E-state index is -0.198. The molecule has 0 spiro atoms. The second-order valence-electron chi connectivity index (χ2n) is 3.55. The number of aromatic nitrogens is 3. The average molecular weight is 247 g/mol. The zero-order valence-corrected chi connectivity index (χ0v) is 9.87. The monoisotopic (exact) mass is 247 g/mol. The third-order valence-corrected chi connectivity index (χ3v) is 3.36. The molecule has 0 saturated heterocycles. The predicted octanol–water partition coefficient (Wildman–Crippen LogP) is 2.20. The Bertz CT molecular complexity index is 712. The Morgan fingerprint density at radius 3 is 3.12 bits per heavy atom. The van der Waals surface area contributed by atoms with E-state index in [0.29, 0.717) is 29.0 Å². The topological polar surface area (TPSA) is 71.8 Å². The maximum atomic E-state index is 11.9. The summed E-state index contributed by atoms with van der Waals surface area (Å²) in [6.07, 6.45) is 0.653. The Balaban J connectivity index is 2.33. The van der Waals surface area contributed by atoms with Crippen LogP contribution in [0, 0.1) is 0 Å². The Morgan fingerprint density at radius 1 is 1.53 bits per heavy atom.